The van der Waals surface area contributed by atoms with Gasteiger partial charge in [-0.15, -0.1) is 0 Å². The van der Waals surface area contributed by atoms with Crippen molar-refractivity contribution >= 4 is 21.5 Å². The van der Waals surface area contributed by atoms with Crippen LogP contribution in [0.2, 0.25) is 0 Å². The minimum Gasteiger partial charge on any atom is -0.367 e. The second-order valence-corrected chi connectivity index (χ2v) is 8.79. The Morgan fingerprint density at radius 1 is 1.00 bits per heavy atom. The molecule has 1 aliphatic rings. The molecule has 1 aromatic heterocycles. The third-order valence-corrected chi connectivity index (χ3v) is 6.38. The molecule has 1 aromatic carbocycles. The van der Waals surface area contributed by atoms with Gasteiger partial charge in [0.05, 0.1) is 16.8 Å². The second-order valence-electron chi connectivity index (χ2n) is 7.14. The van der Waals surface area contributed by atoms with Crippen LogP contribution in [0.5, 0.6) is 0 Å². The number of hydrogen-bond acceptors (Lipinski definition) is 4. The zero-order valence-electron chi connectivity index (χ0n) is 15.5. The van der Waals surface area contributed by atoms with E-state index in [0.717, 1.165) is 16.9 Å². The predicted octanol–water partition coefficient (Wildman–Crippen LogP) is 4.63. The molecule has 2 aromatic rings. The first kappa shape index (κ1) is 18.7. The van der Waals surface area contributed by atoms with Crippen molar-refractivity contribution < 1.29 is 8.42 Å². The molecule has 1 saturated carbocycles. The molecule has 1 fully saturated rings. The van der Waals surface area contributed by atoms with E-state index in [0.29, 0.717) is 16.6 Å². The van der Waals surface area contributed by atoms with Crippen LogP contribution in [-0.2, 0) is 10.0 Å². The SMILES string of the molecule is Cc1ccc(S(=O)(=O)Nc2ccc(NC3CCCCCC3)nc2)c(C)c1. The van der Waals surface area contributed by atoms with Gasteiger partial charge in [0.25, 0.3) is 10.0 Å². The standard InChI is InChI=1S/C20H27N3O2S/c1-15-9-11-19(16(2)13-15)26(24,25)23-18-10-12-20(21-14-18)22-17-7-5-3-4-6-8-17/h9-14,17,23H,3-8H2,1-2H3,(H,21,22). The lowest BCUT2D eigenvalue weighted by Crippen LogP contribution is -2.19. The zero-order chi connectivity index (χ0) is 18.6. The molecule has 0 unspecified atom stereocenters. The number of rotatable bonds is 5. The summed E-state index contributed by atoms with van der Waals surface area (Å²) in [5, 5.41) is 3.47. The second kappa shape index (κ2) is 8.08. The van der Waals surface area contributed by atoms with Crippen molar-refractivity contribution in [3.05, 3.63) is 47.7 Å². The Kier molecular flexibility index (Phi) is 5.81. The van der Waals surface area contributed by atoms with Gasteiger partial charge in [-0.1, -0.05) is 43.4 Å². The highest BCUT2D eigenvalue weighted by Crippen LogP contribution is 2.23. The van der Waals surface area contributed by atoms with Gasteiger partial charge in [-0.3, -0.25) is 4.72 Å². The first-order valence-corrected chi connectivity index (χ1v) is 10.7. The van der Waals surface area contributed by atoms with Crippen molar-refractivity contribution in [2.24, 2.45) is 0 Å². The summed E-state index contributed by atoms with van der Waals surface area (Å²) >= 11 is 0. The zero-order valence-corrected chi connectivity index (χ0v) is 16.3. The third kappa shape index (κ3) is 4.75. The van der Waals surface area contributed by atoms with Crippen molar-refractivity contribution in [2.75, 3.05) is 10.0 Å². The lowest BCUT2D eigenvalue weighted by molar-refractivity contribution is 0.600. The predicted molar refractivity (Wildman–Crippen MR) is 106 cm³/mol. The molecule has 5 nitrogen and oxygen atoms in total. The van der Waals surface area contributed by atoms with E-state index in [1.54, 1.807) is 31.3 Å². The topological polar surface area (TPSA) is 71.1 Å². The minimum atomic E-state index is -3.62. The summed E-state index contributed by atoms with van der Waals surface area (Å²) in [6.07, 6.45) is 9.04. The Morgan fingerprint density at radius 2 is 1.73 bits per heavy atom. The van der Waals surface area contributed by atoms with Crippen LogP contribution < -0.4 is 10.0 Å². The lowest BCUT2D eigenvalue weighted by atomic mass is 10.1. The summed E-state index contributed by atoms with van der Waals surface area (Å²) in [5.41, 5.74) is 2.24. The molecule has 0 bridgehead atoms. The molecule has 1 aliphatic carbocycles. The Morgan fingerprint density at radius 3 is 2.35 bits per heavy atom. The van der Waals surface area contributed by atoms with Gasteiger partial charge < -0.3 is 5.32 Å². The van der Waals surface area contributed by atoms with Crippen LogP contribution in [0.4, 0.5) is 11.5 Å². The number of pyridine rings is 1. The van der Waals surface area contributed by atoms with Crippen LogP contribution in [-0.4, -0.2) is 19.4 Å². The summed E-state index contributed by atoms with van der Waals surface area (Å²) < 4.78 is 27.9. The van der Waals surface area contributed by atoms with Gasteiger partial charge in [-0.05, 0) is 50.5 Å². The Hall–Kier alpha value is -2.08. The van der Waals surface area contributed by atoms with E-state index in [-0.39, 0.29) is 0 Å². The van der Waals surface area contributed by atoms with E-state index in [2.05, 4.69) is 15.0 Å². The van der Waals surface area contributed by atoms with Gasteiger partial charge in [0.1, 0.15) is 5.82 Å². The molecule has 1 heterocycles. The number of benzene rings is 1. The molecule has 0 saturated heterocycles. The molecule has 140 valence electrons. The molecular weight excluding hydrogens is 346 g/mol. The van der Waals surface area contributed by atoms with Crippen molar-refractivity contribution in [3.63, 3.8) is 0 Å². The molecule has 2 N–H and O–H groups in total. The fourth-order valence-corrected chi connectivity index (χ4v) is 4.75. The van der Waals surface area contributed by atoms with Gasteiger partial charge in [0.2, 0.25) is 0 Å². The number of hydrogen-bond donors (Lipinski definition) is 2. The van der Waals surface area contributed by atoms with Crippen LogP contribution >= 0.6 is 0 Å². The maximum Gasteiger partial charge on any atom is 0.262 e. The minimum absolute atomic E-state index is 0.295. The normalized spacial score (nSPS) is 16.1. The number of aromatic nitrogens is 1. The quantitative estimate of drug-likeness (QED) is 0.749. The van der Waals surface area contributed by atoms with Crippen molar-refractivity contribution in [2.45, 2.75) is 63.3 Å². The molecule has 6 heteroatoms. The van der Waals surface area contributed by atoms with Crippen LogP contribution in [0.15, 0.2) is 41.4 Å². The Labute approximate surface area is 156 Å². The van der Waals surface area contributed by atoms with Gasteiger partial charge in [-0.2, -0.15) is 0 Å². The number of nitrogens with zero attached hydrogens (tertiary/aromatic N) is 1. The van der Waals surface area contributed by atoms with Gasteiger partial charge in [0, 0.05) is 6.04 Å². The maximum absolute atomic E-state index is 12.6. The largest absolute Gasteiger partial charge is 0.367 e. The van der Waals surface area contributed by atoms with Crippen LogP contribution in [0.3, 0.4) is 0 Å². The van der Waals surface area contributed by atoms with E-state index in [1.807, 2.05) is 19.1 Å². The fourth-order valence-electron chi connectivity index (χ4n) is 3.48. The monoisotopic (exact) mass is 373 g/mol. The van der Waals surface area contributed by atoms with E-state index < -0.39 is 10.0 Å². The fraction of sp³-hybridized carbons (Fsp3) is 0.450. The highest BCUT2D eigenvalue weighted by atomic mass is 32.2. The van der Waals surface area contributed by atoms with Gasteiger partial charge in [-0.25, -0.2) is 13.4 Å². The van der Waals surface area contributed by atoms with Gasteiger partial charge in [0.15, 0.2) is 0 Å². The van der Waals surface area contributed by atoms with Crippen LogP contribution in [0, 0.1) is 13.8 Å². The van der Waals surface area contributed by atoms with Gasteiger partial charge >= 0.3 is 0 Å². The summed E-state index contributed by atoms with van der Waals surface area (Å²) in [4.78, 5) is 4.67. The first-order valence-electron chi connectivity index (χ1n) is 9.27. The van der Waals surface area contributed by atoms with Crippen molar-refractivity contribution in [1.29, 1.82) is 0 Å². The number of nitrogens with one attached hydrogen (secondary N) is 2. The summed E-state index contributed by atoms with van der Waals surface area (Å²) in [5.74, 6) is 0.798. The van der Waals surface area contributed by atoms with Crippen molar-refractivity contribution in [3.8, 4) is 0 Å². The van der Waals surface area contributed by atoms with Crippen LogP contribution in [0.1, 0.15) is 49.7 Å². The number of aryl methyl sites for hydroxylation is 2. The van der Waals surface area contributed by atoms with E-state index in [1.165, 1.54) is 38.5 Å². The molecule has 26 heavy (non-hydrogen) atoms. The molecule has 0 radical (unpaired) electrons. The van der Waals surface area contributed by atoms with E-state index in [4.69, 9.17) is 0 Å². The van der Waals surface area contributed by atoms with Crippen molar-refractivity contribution in [1.82, 2.24) is 4.98 Å². The smallest absolute Gasteiger partial charge is 0.262 e. The molecule has 3 rings (SSSR count). The number of anilines is 2. The van der Waals surface area contributed by atoms with E-state index in [9.17, 15) is 8.42 Å². The van der Waals surface area contributed by atoms with E-state index >= 15 is 0 Å². The Balaban J connectivity index is 1.68. The average molecular weight is 374 g/mol. The highest BCUT2D eigenvalue weighted by Gasteiger charge is 2.17. The maximum atomic E-state index is 12.6. The number of sulfonamides is 1. The summed E-state index contributed by atoms with van der Waals surface area (Å²) in [6.45, 7) is 3.75. The highest BCUT2D eigenvalue weighted by molar-refractivity contribution is 7.92. The molecular formula is C20H27N3O2S. The first-order chi connectivity index (χ1) is 12.4. The van der Waals surface area contributed by atoms with Crippen LogP contribution in [0.25, 0.3) is 0 Å². The summed E-state index contributed by atoms with van der Waals surface area (Å²) in [7, 11) is -3.62. The molecule has 0 atom stereocenters. The third-order valence-electron chi connectivity index (χ3n) is 4.84. The molecule has 0 amide bonds. The average Bonchev–Trinajstić information content (AvgIpc) is 2.84. The lowest BCUT2D eigenvalue weighted by Gasteiger charge is -2.17. The summed E-state index contributed by atoms with van der Waals surface area (Å²) in [6, 6.07) is 9.37. The molecule has 0 spiro atoms. The molecule has 0 aliphatic heterocycles. The Bertz CT molecular complexity index is 840.